The number of methoxy groups -OCH3 is 1. The fraction of sp³-hybridized carbons (Fsp3) is 0.250. The van der Waals surface area contributed by atoms with Crippen LogP contribution in [0.5, 0.6) is 11.5 Å². The molecule has 0 amide bonds. The van der Waals surface area contributed by atoms with E-state index in [1.807, 2.05) is 24.3 Å². The lowest BCUT2D eigenvalue weighted by atomic mass is 10.2. The average molecular weight is 291 g/mol. The van der Waals surface area contributed by atoms with Gasteiger partial charge in [-0.2, -0.15) is 0 Å². The third kappa shape index (κ3) is 4.65. The molecule has 112 valence electrons. The number of aromatic hydroxyl groups is 1. The number of hydrogen-bond acceptors (Lipinski definition) is 4. The topological polar surface area (TPSA) is 50.7 Å². The fourth-order valence-electron chi connectivity index (χ4n) is 1.83. The van der Waals surface area contributed by atoms with Gasteiger partial charge < -0.3 is 19.9 Å². The zero-order valence-electron chi connectivity index (χ0n) is 11.8. The Morgan fingerprint density at radius 3 is 2.81 bits per heavy atom. The number of halogens is 1. The lowest BCUT2D eigenvalue weighted by molar-refractivity contribution is 0.146. The van der Waals surface area contributed by atoms with Gasteiger partial charge in [-0.1, -0.05) is 6.07 Å². The molecular weight excluding hydrogens is 273 g/mol. The second-order valence-electron chi connectivity index (χ2n) is 4.50. The maximum atomic E-state index is 13.1. The van der Waals surface area contributed by atoms with Crippen LogP contribution in [0.2, 0.25) is 0 Å². The Hall–Kier alpha value is -2.27. The molecule has 2 rings (SSSR count). The van der Waals surface area contributed by atoms with Gasteiger partial charge >= 0.3 is 0 Å². The van der Waals surface area contributed by atoms with Crippen LogP contribution >= 0.6 is 0 Å². The standard InChI is InChI=1S/C16H18FNO3/c1-20-7-8-21-15-4-2-3-14(10-15)18-11-12-9-13(17)5-6-16(12)19/h2-6,9-10,18-19H,7-8,11H2,1H3. The minimum Gasteiger partial charge on any atom is -0.508 e. The predicted octanol–water partition coefficient (Wildman–Crippen LogP) is 3.17. The number of phenols is 1. The third-order valence-corrected chi connectivity index (χ3v) is 2.91. The summed E-state index contributed by atoms with van der Waals surface area (Å²) in [5.41, 5.74) is 1.33. The zero-order valence-corrected chi connectivity index (χ0v) is 11.8. The molecule has 5 heteroatoms. The van der Waals surface area contributed by atoms with Crippen molar-refractivity contribution in [1.29, 1.82) is 0 Å². The summed E-state index contributed by atoms with van der Waals surface area (Å²) in [6, 6.07) is 11.3. The number of anilines is 1. The van der Waals surface area contributed by atoms with Crippen molar-refractivity contribution in [3.8, 4) is 11.5 Å². The lowest BCUT2D eigenvalue weighted by Gasteiger charge is -2.10. The molecule has 0 heterocycles. The first-order chi connectivity index (χ1) is 10.2. The molecule has 0 saturated carbocycles. The second kappa shape index (κ2) is 7.50. The molecule has 4 nitrogen and oxygen atoms in total. The number of benzene rings is 2. The highest BCUT2D eigenvalue weighted by atomic mass is 19.1. The van der Waals surface area contributed by atoms with Crippen molar-refractivity contribution in [3.05, 3.63) is 53.8 Å². The molecule has 0 aliphatic heterocycles. The number of hydrogen-bond donors (Lipinski definition) is 2. The van der Waals surface area contributed by atoms with E-state index in [0.717, 1.165) is 11.4 Å². The molecule has 0 atom stereocenters. The van der Waals surface area contributed by atoms with Gasteiger partial charge in [-0.25, -0.2) is 4.39 Å². The molecule has 21 heavy (non-hydrogen) atoms. The van der Waals surface area contributed by atoms with Crippen LogP contribution in [0.15, 0.2) is 42.5 Å². The van der Waals surface area contributed by atoms with Crippen molar-refractivity contribution < 1.29 is 19.0 Å². The van der Waals surface area contributed by atoms with E-state index >= 15 is 0 Å². The molecule has 0 radical (unpaired) electrons. The van der Waals surface area contributed by atoms with Crippen molar-refractivity contribution in [2.24, 2.45) is 0 Å². The first-order valence-corrected chi connectivity index (χ1v) is 6.62. The molecule has 2 N–H and O–H groups in total. The number of nitrogens with one attached hydrogen (secondary N) is 1. The van der Waals surface area contributed by atoms with Gasteiger partial charge in [-0.15, -0.1) is 0 Å². The Morgan fingerprint density at radius 2 is 2.00 bits per heavy atom. The molecule has 0 unspecified atom stereocenters. The molecule has 0 bridgehead atoms. The summed E-state index contributed by atoms with van der Waals surface area (Å²) in [7, 11) is 1.62. The highest BCUT2D eigenvalue weighted by Crippen LogP contribution is 2.21. The van der Waals surface area contributed by atoms with Crippen molar-refractivity contribution in [1.82, 2.24) is 0 Å². The molecule has 2 aromatic carbocycles. The van der Waals surface area contributed by atoms with E-state index in [4.69, 9.17) is 9.47 Å². The Morgan fingerprint density at radius 1 is 1.14 bits per heavy atom. The van der Waals surface area contributed by atoms with Crippen molar-refractivity contribution in [2.45, 2.75) is 6.54 Å². The van der Waals surface area contributed by atoms with E-state index in [1.54, 1.807) is 7.11 Å². The molecule has 0 aliphatic carbocycles. The van der Waals surface area contributed by atoms with Crippen LogP contribution in [-0.2, 0) is 11.3 Å². The van der Waals surface area contributed by atoms with E-state index in [9.17, 15) is 9.50 Å². The van der Waals surface area contributed by atoms with Crippen molar-refractivity contribution >= 4 is 5.69 Å². The number of phenolic OH excluding ortho intramolecular Hbond substituents is 1. The monoisotopic (exact) mass is 291 g/mol. The van der Waals surface area contributed by atoms with E-state index in [2.05, 4.69) is 5.32 Å². The van der Waals surface area contributed by atoms with E-state index in [-0.39, 0.29) is 11.6 Å². The summed E-state index contributed by atoms with van der Waals surface area (Å²) >= 11 is 0. The summed E-state index contributed by atoms with van der Waals surface area (Å²) in [6.45, 7) is 1.32. The summed E-state index contributed by atoms with van der Waals surface area (Å²) in [5, 5.41) is 12.8. The van der Waals surface area contributed by atoms with Crippen LogP contribution in [0.1, 0.15) is 5.56 Å². The molecule has 0 aromatic heterocycles. The number of rotatable bonds is 7. The van der Waals surface area contributed by atoms with Crippen LogP contribution in [0.25, 0.3) is 0 Å². The van der Waals surface area contributed by atoms with E-state index < -0.39 is 0 Å². The first-order valence-electron chi connectivity index (χ1n) is 6.62. The van der Waals surface area contributed by atoms with Gasteiger partial charge in [0.2, 0.25) is 0 Å². The summed E-state index contributed by atoms with van der Waals surface area (Å²) in [4.78, 5) is 0. The largest absolute Gasteiger partial charge is 0.508 e. The van der Waals surface area contributed by atoms with Crippen LogP contribution < -0.4 is 10.1 Å². The van der Waals surface area contributed by atoms with Crippen molar-refractivity contribution in [2.75, 3.05) is 25.6 Å². The summed E-state index contributed by atoms with van der Waals surface area (Å²) < 4.78 is 23.6. The van der Waals surface area contributed by atoms with E-state index in [0.29, 0.717) is 25.3 Å². The van der Waals surface area contributed by atoms with Crippen LogP contribution in [0, 0.1) is 5.82 Å². The van der Waals surface area contributed by atoms with Crippen LogP contribution in [0.3, 0.4) is 0 Å². The van der Waals surface area contributed by atoms with Gasteiger partial charge in [0, 0.05) is 31.0 Å². The van der Waals surface area contributed by atoms with Gasteiger partial charge in [0.05, 0.1) is 6.61 Å². The molecule has 0 saturated heterocycles. The molecule has 0 spiro atoms. The minimum absolute atomic E-state index is 0.0661. The SMILES string of the molecule is COCCOc1cccc(NCc2cc(F)ccc2O)c1. The average Bonchev–Trinajstić information content (AvgIpc) is 2.49. The Kier molecular flexibility index (Phi) is 5.40. The lowest BCUT2D eigenvalue weighted by Crippen LogP contribution is -2.05. The number of ether oxygens (including phenoxy) is 2. The molecule has 0 aliphatic rings. The zero-order chi connectivity index (χ0) is 15.1. The second-order valence-corrected chi connectivity index (χ2v) is 4.50. The van der Waals surface area contributed by atoms with Crippen molar-refractivity contribution in [3.63, 3.8) is 0 Å². The Labute approximate surface area is 123 Å². The van der Waals surface area contributed by atoms with Crippen LogP contribution in [0.4, 0.5) is 10.1 Å². The van der Waals surface area contributed by atoms with Gasteiger partial charge in [0.1, 0.15) is 23.9 Å². The highest BCUT2D eigenvalue weighted by molar-refractivity contribution is 5.49. The highest BCUT2D eigenvalue weighted by Gasteiger charge is 2.03. The van der Waals surface area contributed by atoms with Gasteiger partial charge in [0.15, 0.2) is 0 Å². The Bertz CT molecular complexity index is 589. The fourth-order valence-corrected chi connectivity index (χ4v) is 1.83. The van der Waals surface area contributed by atoms with Crippen LogP contribution in [-0.4, -0.2) is 25.4 Å². The molecular formula is C16H18FNO3. The predicted molar refractivity (Wildman–Crippen MR) is 79.2 cm³/mol. The molecule has 0 fully saturated rings. The third-order valence-electron chi connectivity index (χ3n) is 2.91. The minimum atomic E-state index is -0.374. The molecule has 2 aromatic rings. The van der Waals surface area contributed by atoms with Gasteiger partial charge in [-0.3, -0.25) is 0 Å². The normalized spacial score (nSPS) is 10.4. The van der Waals surface area contributed by atoms with Gasteiger partial charge in [0.25, 0.3) is 0 Å². The summed E-state index contributed by atoms with van der Waals surface area (Å²) in [5.74, 6) is 0.415. The van der Waals surface area contributed by atoms with Gasteiger partial charge in [-0.05, 0) is 30.3 Å². The van der Waals surface area contributed by atoms with E-state index in [1.165, 1.54) is 18.2 Å². The first kappa shape index (κ1) is 15.1. The maximum Gasteiger partial charge on any atom is 0.123 e. The quantitative estimate of drug-likeness (QED) is 0.769. The maximum absolute atomic E-state index is 13.1. The Balaban J connectivity index is 1.96. The summed E-state index contributed by atoms with van der Waals surface area (Å²) in [6.07, 6.45) is 0. The smallest absolute Gasteiger partial charge is 0.123 e.